The van der Waals surface area contributed by atoms with Gasteiger partial charge in [-0.2, -0.15) is 4.98 Å². The number of hydrogen-bond donors (Lipinski definition) is 0. The second-order valence-corrected chi connectivity index (χ2v) is 9.42. The van der Waals surface area contributed by atoms with E-state index in [1.165, 1.54) is 0 Å². The smallest absolute Gasteiger partial charge is 0.258 e. The van der Waals surface area contributed by atoms with Gasteiger partial charge in [0.25, 0.3) is 5.89 Å². The van der Waals surface area contributed by atoms with Crippen LogP contribution in [-0.2, 0) is 22.1 Å². The van der Waals surface area contributed by atoms with Gasteiger partial charge in [-0.15, -0.1) is 0 Å². The minimum Gasteiger partial charge on any atom is -0.334 e. The first-order valence-corrected chi connectivity index (χ1v) is 11.8. The molecule has 0 aliphatic rings. The number of sulfone groups is 1. The molecule has 0 aliphatic carbocycles. The molecule has 8 heteroatoms. The van der Waals surface area contributed by atoms with E-state index in [1.807, 2.05) is 24.5 Å². The summed E-state index contributed by atoms with van der Waals surface area (Å²) in [6.07, 6.45) is 1.82. The Labute approximate surface area is 185 Å². The second-order valence-electron chi connectivity index (χ2n) is 7.43. The number of fused-ring (bicyclic) bond motifs is 1. The molecule has 0 aliphatic heterocycles. The maximum atomic E-state index is 12.6. The van der Waals surface area contributed by atoms with E-state index in [-0.39, 0.29) is 5.75 Å². The van der Waals surface area contributed by atoms with Crippen molar-refractivity contribution < 1.29 is 12.9 Å². The van der Waals surface area contributed by atoms with Crippen LogP contribution in [0.1, 0.15) is 12.5 Å². The minimum absolute atomic E-state index is 0.0726. The van der Waals surface area contributed by atoms with Crippen molar-refractivity contribution in [2.24, 2.45) is 0 Å². The molecule has 0 N–H and O–H groups in total. The number of imidazole rings is 1. The molecule has 3 aromatic carbocycles. The predicted octanol–water partition coefficient (Wildman–Crippen LogP) is 4.75. The van der Waals surface area contributed by atoms with Crippen LogP contribution in [0.25, 0.3) is 33.9 Å². The van der Waals surface area contributed by atoms with E-state index in [1.54, 1.807) is 54.6 Å². The van der Waals surface area contributed by atoms with Gasteiger partial charge < -0.3 is 9.09 Å². The molecular weight excluding hydrogens is 424 g/mol. The molecule has 0 unspecified atom stereocenters. The zero-order valence-corrected chi connectivity index (χ0v) is 18.2. The molecule has 160 valence electrons. The highest BCUT2D eigenvalue weighted by atomic mass is 32.2. The van der Waals surface area contributed by atoms with Crippen LogP contribution in [0.15, 0.2) is 88.5 Å². The van der Waals surface area contributed by atoms with Crippen molar-refractivity contribution in [2.75, 3.05) is 0 Å². The maximum absolute atomic E-state index is 12.6. The Morgan fingerprint density at radius 3 is 2.44 bits per heavy atom. The number of aromatic nitrogens is 4. The van der Waals surface area contributed by atoms with Gasteiger partial charge in [0.15, 0.2) is 9.84 Å². The molecule has 0 saturated heterocycles. The zero-order chi connectivity index (χ0) is 22.1. The quantitative estimate of drug-likeness (QED) is 0.375. The Balaban J connectivity index is 1.36. The van der Waals surface area contributed by atoms with Crippen molar-refractivity contribution in [1.82, 2.24) is 19.7 Å². The van der Waals surface area contributed by atoms with Crippen LogP contribution in [0, 0.1) is 0 Å². The molecule has 5 rings (SSSR count). The summed E-state index contributed by atoms with van der Waals surface area (Å²) in [5.74, 6) is 0.775. The third-order valence-corrected chi connectivity index (χ3v) is 7.01. The fourth-order valence-corrected chi connectivity index (χ4v) is 4.96. The van der Waals surface area contributed by atoms with Gasteiger partial charge in [0, 0.05) is 17.7 Å². The Morgan fingerprint density at radius 1 is 0.938 bits per heavy atom. The predicted molar refractivity (Wildman–Crippen MR) is 121 cm³/mol. The highest BCUT2D eigenvalue weighted by Crippen LogP contribution is 2.26. The molecule has 0 amide bonds. The summed E-state index contributed by atoms with van der Waals surface area (Å²) in [5, 5.41) is 4.10. The first-order valence-electron chi connectivity index (χ1n) is 10.2. The average molecular weight is 445 g/mol. The van der Waals surface area contributed by atoms with Crippen molar-refractivity contribution in [3.05, 3.63) is 84.7 Å². The van der Waals surface area contributed by atoms with Crippen molar-refractivity contribution >= 4 is 20.9 Å². The van der Waals surface area contributed by atoms with Crippen LogP contribution in [0.3, 0.4) is 0 Å². The highest BCUT2D eigenvalue weighted by molar-refractivity contribution is 7.90. The lowest BCUT2D eigenvalue weighted by Crippen LogP contribution is -2.04. The largest absolute Gasteiger partial charge is 0.334 e. The summed E-state index contributed by atoms with van der Waals surface area (Å²) in [6, 6.07) is 21.4. The lowest BCUT2D eigenvalue weighted by molar-refractivity contribution is 0.432. The lowest BCUT2D eigenvalue weighted by atomic mass is 10.1. The summed E-state index contributed by atoms with van der Waals surface area (Å²) < 4.78 is 32.7. The van der Waals surface area contributed by atoms with E-state index in [4.69, 9.17) is 4.52 Å². The number of hydrogen-bond acceptors (Lipinski definition) is 6. The molecule has 2 heterocycles. The summed E-state index contributed by atoms with van der Waals surface area (Å²) in [5.41, 5.74) is 4.16. The van der Waals surface area contributed by atoms with Gasteiger partial charge in [0.2, 0.25) is 5.82 Å². The van der Waals surface area contributed by atoms with E-state index < -0.39 is 9.84 Å². The fourth-order valence-electron chi connectivity index (χ4n) is 3.59. The van der Waals surface area contributed by atoms with Gasteiger partial charge in [0.1, 0.15) is 0 Å². The Kier molecular flexibility index (Phi) is 5.07. The third kappa shape index (κ3) is 3.80. The molecule has 0 radical (unpaired) electrons. The van der Waals surface area contributed by atoms with Gasteiger partial charge in [-0.3, -0.25) is 0 Å². The van der Waals surface area contributed by atoms with Crippen LogP contribution >= 0.6 is 0 Å². The second kappa shape index (κ2) is 8.05. The van der Waals surface area contributed by atoms with E-state index in [0.717, 1.165) is 28.7 Å². The number of aryl methyl sites for hydroxylation is 1. The molecule has 0 atom stereocenters. The number of benzene rings is 3. The maximum Gasteiger partial charge on any atom is 0.258 e. The topological polar surface area (TPSA) is 90.9 Å². The Hall–Kier alpha value is -3.78. The van der Waals surface area contributed by atoms with Crippen LogP contribution in [0.5, 0.6) is 0 Å². The Morgan fingerprint density at radius 2 is 1.69 bits per heavy atom. The van der Waals surface area contributed by atoms with Crippen LogP contribution in [0.2, 0.25) is 0 Å². The van der Waals surface area contributed by atoms with Crippen molar-refractivity contribution in [1.29, 1.82) is 0 Å². The molecule has 0 bridgehead atoms. The molecule has 5 aromatic rings. The summed E-state index contributed by atoms with van der Waals surface area (Å²) in [7, 11) is -3.40. The zero-order valence-electron chi connectivity index (χ0n) is 17.3. The van der Waals surface area contributed by atoms with Gasteiger partial charge in [0.05, 0.1) is 28.0 Å². The third-order valence-electron chi connectivity index (χ3n) is 5.31. The number of rotatable bonds is 6. The molecular formula is C24H20N4O3S. The van der Waals surface area contributed by atoms with Crippen molar-refractivity contribution in [3.63, 3.8) is 0 Å². The van der Waals surface area contributed by atoms with Gasteiger partial charge in [-0.25, -0.2) is 13.4 Å². The summed E-state index contributed by atoms with van der Waals surface area (Å²) >= 11 is 0. The Bertz CT molecular complexity index is 1490. The van der Waals surface area contributed by atoms with E-state index >= 15 is 0 Å². The van der Waals surface area contributed by atoms with Crippen LogP contribution in [0.4, 0.5) is 0 Å². The molecule has 0 spiro atoms. The SMILES string of the molecule is CCn1cnc2cc(-c3noc(-c4ccc(CS(=O)(=O)c5ccccc5)cc4)n3)ccc21. The summed E-state index contributed by atoms with van der Waals surface area (Å²) in [6.45, 7) is 2.92. The molecule has 2 aromatic heterocycles. The fraction of sp³-hybridized carbons (Fsp3) is 0.125. The van der Waals surface area contributed by atoms with Gasteiger partial charge in [-0.1, -0.05) is 35.5 Å². The van der Waals surface area contributed by atoms with E-state index in [9.17, 15) is 8.42 Å². The van der Waals surface area contributed by atoms with Crippen molar-refractivity contribution in [3.8, 4) is 22.8 Å². The molecule has 7 nitrogen and oxygen atoms in total. The number of nitrogens with zero attached hydrogens (tertiary/aromatic N) is 4. The monoisotopic (exact) mass is 444 g/mol. The molecule has 32 heavy (non-hydrogen) atoms. The molecule has 0 fully saturated rings. The van der Waals surface area contributed by atoms with Gasteiger partial charge >= 0.3 is 0 Å². The first-order chi connectivity index (χ1) is 15.5. The average Bonchev–Trinajstić information content (AvgIpc) is 3.47. The highest BCUT2D eigenvalue weighted by Gasteiger charge is 2.16. The minimum atomic E-state index is -3.40. The van der Waals surface area contributed by atoms with Crippen LogP contribution in [-0.4, -0.2) is 28.1 Å². The van der Waals surface area contributed by atoms with Crippen LogP contribution < -0.4 is 0 Å². The summed E-state index contributed by atoms with van der Waals surface area (Å²) in [4.78, 5) is 9.25. The standard InChI is InChI=1S/C24H20N4O3S/c1-2-28-16-25-21-14-19(12-13-22(21)28)23-26-24(31-27-23)18-10-8-17(9-11-18)15-32(29,30)20-6-4-3-5-7-20/h3-14,16H,2,15H2,1H3. The van der Waals surface area contributed by atoms with E-state index in [2.05, 4.69) is 26.6 Å². The molecule has 0 saturated carbocycles. The normalized spacial score (nSPS) is 11.8. The van der Waals surface area contributed by atoms with Gasteiger partial charge in [-0.05, 0) is 55.0 Å². The van der Waals surface area contributed by atoms with Crippen molar-refractivity contribution in [2.45, 2.75) is 24.1 Å². The van der Waals surface area contributed by atoms with E-state index in [0.29, 0.717) is 22.2 Å². The first kappa shape index (κ1) is 20.1. The lowest BCUT2D eigenvalue weighted by Gasteiger charge is -2.05.